The largest absolute Gasteiger partial charge is 0.383 e. The zero-order valence-corrected chi connectivity index (χ0v) is 13.3. The molecule has 0 unspecified atom stereocenters. The van der Waals surface area contributed by atoms with Crippen molar-refractivity contribution in [2.75, 3.05) is 14.1 Å². The SMILES string of the molecule is CN(C)C=C(C(=O)c1ccc(Cl)s1)c1ccnc(Cl)c1. The van der Waals surface area contributed by atoms with Crippen molar-refractivity contribution in [3.05, 3.63) is 56.6 Å². The van der Waals surface area contributed by atoms with Crippen LogP contribution in [0.25, 0.3) is 5.57 Å². The number of thiophene rings is 1. The average Bonchev–Trinajstić information content (AvgIpc) is 2.81. The zero-order valence-electron chi connectivity index (χ0n) is 10.9. The molecule has 0 fully saturated rings. The normalized spacial score (nSPS) is 11.5. The molecule has 0 saturated heterocycles. The van der Waals surface area contributed by atoms with Gasteiger partial charge in [-0.05, 0) is 29.8 Å². The summed E-state index contributed by atoms with van der Waals surface area (Å²) in [5.41, 5.74) is 1.28. The lowest BCUT2D eigenvalue weighted by atomic mass is 10.0. The highest BCUT2D eigenvalue weighted by molar-refractivity contribution is 7.18. The van der Waals surface area contributed by atoms with E-state index in [1.807, 2.05) is 19.0 Å². The van der Waals surface area contributed by atoms with E-state index in [0.717, 1.165) is 5.56 Å². The van der Waals surface area contributed by atoms with Crippen LogP contribution >= 0.6 is 34.5 Å². The fraction of sp³-hybridized carbons (Fsp3) is 0.143. The summed E-state index contributed by atoms with van der Waals surface area (Å²) in [5.74, 6) is -0.0853. The van der Waals surface area contributed by atoms with Crippen molar-refractivity contribution in [2.45, 2.75) is 0 Å². The first-order valence-corrected chi connectivity index (χ1v) is 7.35. The number of halogens is 2. The summed E-state index contributed by atoms with van der Waals surface area (Å²) >= 11 is 13.0. The topological polar surface area (TPSA) is 33.2 Å². The number of rotatable bonds is 4. The molecule has 0 atom stereocenters. The Kier molecular flexibility index (Phi) is 4.81. The van der Waals surface area contributed by atoms with Crippen LogP contribution in [-0.2, 0) is 0 Å². The molecule has 0 aliphatic heterocycles. The van der Waals surface area contributed by atoms with Gasteiger partial charge in [0.15, 0.2) is 0 Å². The van der Waals surface area contributed by atoms with Gasteiger partial charge in [0.25, 0.3) is 0 Å². The number of nitrogens with zero attached hydrogens (tertiary/aromatic N) is 2. The fourth-order valence-corrected chi connectivity index (χ4v) is 2.83. The van der Waals surface area contributed by atoms with Gasteiger partial charge in [-0.1, -0.05) is 23.2 Å². The van der Waals surface area contributed by atoms with Crippen LogP contribution in [0.3, 0.4) is 0 Å². The predicted octanol–water partition coefficient (Wildman–Crippen LogP) is 4.24. The highest BCUT2D eigenvalue weighted by Crippen LogP contribution is 2.28. The molecule has 3 nitrogen and oxygen atoms in total. The molecule has 2 heterocycles. The van der Waals surface area contributed by atoms with Crippen molar-refractivity contribution in [1.82, 2.24) is 9.88 Å². The number of ketones is 1. The van der Waals surface area contributed by atoms with Gasteiger partial charge in [0, 0.05) is 32.1 Å². The zero-order chi connectivity index (χ0) is 14.7. The van der Waals surface area contributed by atoms with Gasteiger partial charge >= 0.3 is 0 Å². The number of carbonyl (C=O) groups is 1. The molecule has 0 aliphatic rings. The molecule has 0 bridgehead atoms. The van der Waals surface area contributed by atoms with Gasteiger partial charge in [-0.3, -0.25) is 4.79 Å². The van der Waals surface area contributed by atoms with Gasteiger partial charge in [-0.25, -0.2) is 4.98 Å². The lowest BCUT2D eigenvalue weighted by Crippen LogP contribution is -2.08. The lowest BCUT2D eigenvalue weighted by Gasteiger charge is -2.11. The second-order valence-electron chi connectivity index (χ2n) is 4.31. The Hall–Kier alpha value is -1.36. The highest BCUT2D eigenvalue weighted by Gasteiger charge is 2.17. The Balaban J connectivity index is 2.46. The number of aromatic nitrogens is 1. The number of hydrogen-bond acceptors (Lipinski definition) is 4. The van der Waals surface area contributed by atoms with E-state index in [4.69, 9.17) is 23.2 Å². The molecule has 0 radical (unpaired) electrons. The molecule has 0 saturated carbocycles. The molecular formula is C14H12Cl2N2OS. The van der Waals surface area contributed by atoms with E-state index in [1.54, 1.807) is 36.7 Å². The van der Waals surface area contributed by atoms with Crippen LogP contribution in [0.4, 0.5) is 0 Å². The Bertz CT molecular complexity index is 665. The summed E-state index contributed by atoms with van der Waals surface area (Å²) in [6.45, 7) is 0. The number of Topliss-reactive ketones (excluding diaryl/α,β-unsaturated/α-hetero) is 1. The molecule has 20 heavy (non-hydrogen) atoms. The minimum absolute atomic E-state index is 0.0853. The molecule has 0 amide bonds. The number of carbonyl (C=O) groups excluding carboxylic acids is 1. The molecule has 2 aromatic rings. The first-order valence-electron chi connectivity index (χ1n) is 5.77. The predicted molar refractivity (Wildman–Crippen MR) is 84.6 cm³/mol. The second-order valence-corrected chi connectivity index (χ2v) is 6.41. The summed E-state index contributed by atoms with van der Waals surface area (Å²) in [5, 5.41) is 0.351. The maximum absolute atomic E-state index is 12.6. The van der Waals surface area contributed by atoms with Crippen molar-refractivity contribution >= 4 is 45.9 Å². The summed E-state index contributed by atoms with van der Waals surface area (Å²) in [6.07, 6.45) is 3.34. The molecular weight excluding hydrogens is 315 g/mol. The van der Waals surface area contributed by atoms with Gasteiger partial charge in [0.2, 0.25) is 5.78 Å². The van der Waals surface area contributed by atoms with Crippen LogP contribution < -0.4 is 0 Å². The van der Waals surface area contributed by atoms with E-state index in [1.165, 1.54) is 11.3 Å². The standard InChI is InChI=1S/C14H12Cl2N2OS/c1-18(2)8-10(9-5-6-17-12(15)7-9)14(19)11-3-4-13(16)20-11/h3-8H,1-2H3. The Morgan fingerprint density at radius 3 is 2.60 bits per heavy atom. The van der Waals surface area contributed by atoms with E-state index in [9.17, 15) is 4.79 Å². The molecule has 2 rings (SSSR count). The molecule has 0 aliphatic carbocycles. The van der Waals surface area contributed by atoms with E-state index >= 15 is 0 Å². The van der Waals surface area contributed by atoms with Crippen LogP contribution in [-0.4, -0.2) is 29.8 Å². The smallest absolute Gasteiger partial charge is 0.205 e. The number of pyridine rings is 1. The van der Waals surface area contributed by atoms with Gasteiger partial charge < -0.3 is 4.90 Å². The molecule has 0 N–H and O–H groups in total. The van der Waals surface area contributed by atoms with E-state index in [2.05, 4.69) is 4.98 Å². The lowest BCUT2D eigenvalue weighted by molar-refractivity contribution is 0.105. The van der Waals surface area contributed by atoms with Crippen LogP contribution in [0.1, 0.15) is 15.2 Å². The highest BCUT2D eigenvalue weighted by atomic mass is 35.5. The van der Waals surface area contributed by atoms with Gasteiger partial charge in [0.05, 0.1) is 9.21 Å². The van der Waals surface area contributed by atoms with Crippen LogP contribution in [0.15, 0.2) is 36.7 Å². The number of allylic oxidation sites excluding steroid dienone is 1. The minimum Gasteiger partial charge on any atom is -0.383 e. The number of hydrogen-bond donors (Lipinski definition) is 0. The first-order chi connectivity index (χ1) is 9.47. The molecule has 6 heteroatoms. The maximum atomic E-state index is 12.6. The molecule has 0 spiro atoms. The monoisotopic (exact) mass is 326 g/mol. The Morgan fingerprint density at radius 1 is 1.30 bits per heavy atom. The Morgan fingerprint density at radius 2 is 2.05 bits per heavy atom. The van der Waals surface area contributed by atoms with Crippen molar-refractivity contribution in [3.63, 3.8) is 0 Å². The molecule has 2 aromatic heterocycles. The van der Waals surface area contributed by atoms with Gasteiger partial charge in [-0.2, -0.15) is 0 Å². The fourth-order valence-electron chi connectivity index (χ4n) is 1.66. The van der Waals surface area contributed by atoms with Crippen LogP contribution in [0.2, 0.25) is 9.49 Å². The quantitative estimate of drug-likeness (QED) is 0.478. The van der Waals surface area contributed by atoms with Crippen molar-refractivity contribution in [1.29, 1.82) is 0 Å². The summed E-state index contributed by atoms with van der Waals surface area (Å²) in [6, 6.07) is 6.87. The second kappa shape index (κ2) is 6.39. The van der Waals surface area contributed by atoms with Crippen molar-refractivity contribution in [2.24, 2.45) is 0 Å². The minimum atomic E-state index is -0.0853. The van der Waals surface area contributed by atoms with Crippen LogP contribution in [0, 0.1) is 0 Å². The third-order valence-corrected chi connectivity index (χ3v) is 3.90. The maximum Gasteiger partial charge on any atom is 0.205 e. The Labute approximate surface area is 131 Å². The molecule has 104 valence electrons. The summed E-state index contributed by atoms with van der Waals surface area (Å²) in [7, 11) is 3.72. The van der Waals surface area contributed by atoms with Crippen molar-refractivity contribution in [3.8, 4) is 0 Å². The van der Waals surface area contributed by atoms with E-state index in [-0.39, 0.29) is 5.78 Å². The van der Waals surface area contributed by atoms with E-state index in [0.29, 0.717) is 19.9 Å². The average molecular weight is 327 g/mol. The first kappa shape index (κ1) is 15.0. The third-order valence-electron chi connectivity index (χ3n) is 2.47. The van der Waals surface area contributed by atoms with Gasteiger partial charge in [-0.15, -0.1) is 11.3 Å². The molecule has 0 aromatic carbocycles. The third kappa shape index (κ3) is 3.60. The van der Waals surface area contributed by atoms with E-state index < -0.39 is 0 Å². The summed E-state index contributed by atoms with van der Waals surface area (Å²) < 4.78 is 0.588. The van der Waals surface area contributed by atoms with Crippen molar-refractivity contribution < 1.29 is 4.79 Å². The van der Waals surface area contributed by atoms with Crippen LogP contribution in [0.5, 0.6) is 0 Å². The summed E-state index contributed by atoms with van der Waals surface area (Å²) in [4.78, 5) is 18.9. The van der Waals surface area contributed by atoms with Gasteiger partial charge in [0.1, 0.15) is 5.15 Å².